The zero-order chi connectivity index (χ0) is 15.1. The van der Waals surface area contributed by atoms with Crippen LogP contribution in [-0.2, 0) is 0 Å². The molecule has 0 aliphatic carbocycles. The Bertz CT molecular complexity index is 452. The Balaban J connectivity index is 2.44. The van der Waals surface area contributed by atoms with Crippen LogP contribution in [-0.4, -0.2) is 30.9 Å². The van der Waals surface area contributed by atoms with E-state index < -0.39 is 6.10 Å². The summed E-state index contributed by atoms with van der Waals surface area (Å²) in [4.78, 5) is 11.7. The maximum Gasteiger partial charge on any atom is 0.319 e. The van der Waals surface area contributed by atoms with E-state index in [9.17, 15) is 9.90 Å². The number of carbonyl (C=O) groups excluding carboxylic acids is 1. The van der Waals surface area contributed by atoms with Gasteiger partial charge >= 0.3 is 6.03 Å². The molecule has 5 nitrogen and oxygen atoms in total. The van der Waals surface area contributed by atoms with E-state index in [0.717, 1.165) is 0 Å². The van der Waals surface area contributed by atoms with Gasteiger partial charge in [-0.15, -0.1) is 0 Å². The molecule has 0 saturated carbocycles. The topological polar surface area (TPSA) is 70.6 Å². The van der Waals surface area contributed by atoms with Crippen LogP contribution in [0.2, 0.25) is 5.02 Å². The molecule has 0 heterocycles. The fraction of sp³-hybridized carbons (Fsp3) is 0.500. The van der Waals surface area contributed by atoms with Crippen LogP contribution in [0.3, 0.4) is 0 Å². The number of methoxy groups -OCH3 is 1. The number of anilines is 1. The van der Waals surface area contributed by atoms with Gasteiger partial charge in [-0.05, 0) is 30.5 Å². The van der Waals surface area contributed by atoms with E-state index in [-0.39, 0.29) is 12.6 Å². The van der Waals surface area contributed by atoms with Gasteiger partial charge in [-0.3, -0.25) is 0 Å². The van der Waals surface area contributed by atoms with E-state index >= 15 is 0 Å². The third-order valence-corrected chi connectivity index (χ3v) is 2.95. The van der Waals surface area contributed by atoms with E-state index in [1.165, 1.54) is 7.11 Å². The lowest BCUT2D eigenvalue weighted by molar-refractivity contribution is 0.148. The first kappa shape index (κ1) is 16.6. The van der Waals surface area contributed by atoms with E-state index in [4.69, 9.17) is 16.3 Å². The van der Waals surface area contributed by atoms with Crippen molar-refractivity contribution >= 4 is 23.3 Å². The molecule has 0 aliphatic heterocycles. The second kappa shape index (κ2) is 7.97. The highest BCUT2D eigenvalue weighted by Gasteiger charge is 2.09. The SMILES string of the molecule is COc1ccc(NC(=O)NCC(O)CC(C)C)cc1Cl. The third kappa shape index (κ3) is 5.67. The number of rotatable bonds is 6. The molecular formula is C14H21ClN2O3. The number of benzene rings is 1. The van der Waals surface area contributed by atoms with E-state index in [1.54, 1.807) is 18.2 Å². The normalized spacial score (nSPS) is 12.1. The van der Waals surface area contributed by atoms with Crippen molar-refractivity contribution < 1.29 is 14.6 Å². The van der Waals surface area contributed by atoms with Crippen LogP contribution in [0, 0.1) is 5.92 Å². The van der Waals surface area contributed by atoms with Crippen LogP contribution in [0.4, 0.5) is 10.5 Å². The summed E-state index contributed by atoms with van der Waals surface area (Å²) < 4.78 is 5.03. The number of carbonyl (C=O) groups is 1. The summed E-state index contributed by atoms with van der Waals surface area (Å²) in [5, 5.41) is 15.3. The maximum absolute atomic E-state index is 11.7. The first-order valence-electron chi connectivity index (χ1n) is 6.48. The minimum Gasteiger partial charge on any atom is -0.495 e. The lowest BCUT2D eigenvalue weighted by atomic mass is 10.1. The molecule has 1 atom stereocenters. The summed E-state index contributed by atoms with van der Waals surface area (Å²) in [6.07, 6.45) is 0.106. The summed E-state index contributed by atoms with van der Waals surface area (Å²) in [5.41, 5.74) is 0.562. The number of amides is 2. The van der Waals surface area contributed by atoms with Crippen LogP contribution in [0.1, 0.15) is 20.3 Å². The largest absolute Gasteiger partial charge is 0.495 e. The molecule has 0 bridgehead atoms. The van der Waals surface area contributed by atoms with Crippen LogP contribution in [0.15, 0.2) is 18.2 Å². The van der Waals surface area contributed by atoms with Gasteiger partial charge in [0, 0.05) is 12.2 Å². The van der Waals surface area contributed by atoms with Gasteiger partial charge in [0.25, 0.3) is 0 Å². The Morgan fingerprint density at radius 2 is 2.15 bits per heavy atom. The van der Waals surface area contributed by atoms with E-state index in [2.05, 4.69) is 10.6 Å². The number of ether oxygens (including phenoxy) is 1. The van der Waals surface area contributed by atoms with Crippen molar-refractivity contribution in [3.8, 4) is 5.75 Å². The first-order valence-corrected chi connectivity index (χ1v) is 6.86. The van der Waals surface area contributed by atoms with E-state index in [0.29, 0.717) is 28.8 Å². The maximum atomic E-state index is 11.7. The minimum atomic E-state index is -0.541. The smallest absolute Gasteiger partial charge is 0.319 e. The molecule has 1 aromatic rings. The Hall–Kier alpha value is -1.46. The van der Waals surface area contributed by atoms with Crippen LogP contribution >= 0.6 is 11.6 Å². The quantitative estimate of drug-likeness (QED) is 0.756. The molecule has 2 amide bonds. The minimum absolute atomic E-state index is 0.216. The van der Waals surface area contributed by atoms with Crippen molar-refractivity contribution in [2.45, 2.75) is 26.4 Å². The molecule has 0 spiro atoms. The summed E-state index contributed by atoms with van der Waals surface area (Å²) in [7, 11) is 1.52. The third-order valence-electron chi connectivity index (χ3n) is 2.65. The lowest BCUT2D eigenvalue weighted by Gasteiger charge is -2.14. The predicted octanol–water partition coefficient (Wildman–Crippen LogP) is 2.88. The average Bonchev–Trinajstić information content (AvgIpc) is 2.36. The number of aliphatic hydroxyl groups excluding tert-OH is 1. The molecule has 20 heavy (non-hydrogen) atoms. The zero-order valence-electron chi connectivity index (χ0n) is 11.9. The van der Waals surface area contributed by atoms with Gasteiger partial charge in [-0.2, -0.15) is 0 Å². The number of hydrogen-bond acceptors (Lipinski definition) is 3. The fourth-order valence-electron chi connectivity index (χ4n) is 1.76. The molecule has 0 saturated heterocycles. The van der Waals surface area contributed by atoms with Crippen molar-refractivity contribution in [2.75, 3.05) is 19.0 Å². The van der Waals surface area contributed by atoms with Crippen LogP contribution < -0.4 is 15.4 Å². The number of halogens is 1. The number of hydrogen-bond donors (Lipinski definition) is 3. The second-order valence-corrected chi connectivity index (χ2v) is 5.37. The van der Waals surface area contributed by atoms with Crippen LogP contribution in [0.5, 0.6) is 5.75 Å². The highest BCUT2D eigenvalue weighted by Crippen LogP contribution is 2.27. The molecule has 1 rings (SSSR count). The molecule has 112 valence electrons. The number of urea groups is 1. The molecular weight excluding hydrogens is 280 g/mol. The van der Waals surface area contributed by atoms with Crippen molar-refractivity contribution in [3.63, 3.8) is 0 Å². The highest BCUT2D eigenvalue weighted by atomic mass is 35.5. The fourth-order valence-corrected chi connectivity index (χ4v) is 2.02. The Kier molecular flexibility index (Phi) is 6.61. The second-order valence-electron chi connectivity index (χ2n) is 4.97. The standard InChI is InChI=1S/C14H21ClN2O3/c1-9(2)6-11(18)8-16-14(19)17-10-4-5-13(20-3)12(15)7-10/h4-5,7,9,11,18H,6,8H2,1-3H3,(H2,16,17,19). The van der Waals surface area contributed by atoms with Gasteiger partial charge in [0.2, 0.25) is 0 Å². The molecule has 0 aromatic heterocycles. The van der Waals surface area contributed by atoms with Crippen molar-refractivity contribution in [1.82, 2.24) is 5.32 Å². The van der Waals surface area contributed by atoms with Gasteiger partial charge in [0.1, 0.15) is 5.75 Å². The Morgan fingerprint density at radius 1 is 1.45 bits per heavy atom. The summed E-state index contributed by atoms with van der Waals surface area (Å²) >= 11 is 5.96. The van der Waals surface area contributed by atoms with Crippen molar-refractivity contribution in [3.05, 3.63) is 23.2 Å². The first-order chi connectivity index (χ1) is 9.42. The molecule has 1 aromatic carbocycles. The molecule has 6 heteroatoms. The number of aliphatic hydroxyl groups is 1. The Morgan fingerprint density at radius 3 is 2.70 bits per heavy atom. The average molecular weight is 301 g/mol. The van der Waals surface area contributed by atoms with Crippen molar-refractivity contribution in [1.29, 1.82) is 0 Å². The Labute approximate surface area is 124 Å². The number of nitrogens with one attached hydrogen (secondary N) is 2. The summed E-state index contributed by atoms with van der Waals surface area (Å²) in [5.74, 6) is 0.931. The van der Waals surface area contributed by atoms with Gasteiger partial charge in [0.05, 0.1) is 18.2 Å². The monoisotopic (exact) mass is 300 g/mol. The summed E-state index contributed by atoms with van der Waals surface area (Å²) in [6.45, 7) is 4.25. The van der Waals surface area contributed by atoms with Gasteiger partial charge < -0.3 is 20.5 Å². The molecule has 0 radical (unpaired) electrons. The van der Waals surface area contributed by atoms with Crippen LogP contribution in [0.25, 0.3) is 0 Å². The zero-order valence-corrected chi connectivity index (χ0v) is 12.7. The molecule has 0 aliphatic rings. The molecule has 0 fully saturated rings. The molecule has 1 unspecified atom stereocenters. The molecule has 3 N–H and O–H groups in total. The van der Waals surface area contributed by atoms with Gasteiger partial charge in [-0.1, -0.05) is 25.4 Å². The van der Waals surface area contributed by atoms with Crippen molar-refractivity contribution in [2.24, 2.45) is 5.92 Å². The van der Waals surface area contributed by atoms with E-state index in [1.807, 2.05) is 13.8 Å². The lowest BCUT2D eigenvalue weighted by Crippen LogP contribution is -2.35. The van der Waals surface area contributed by atoms with Gasteiger partial charge in [-0.25, -0.2) is 4.79 Å². The highest BCUT2D eigenvalue weighted by molar-refractivity contribution is 6.32. The summed E-state index contributed by atoms with van der Waals surface area (Å²) in [6, 6.07) is 4.58. The predicted molar refractivity (Wildman–Crippen MR) is 80.5 cm³/mol. The van der Waals surface area contributed by atoms with Gasteiger partial charge in [0.15, 0.2) is 0 Å².